The van der Waals surface area contributed by atoms with Crippen LogP contribution in [0.25, 0.3) is 0 Å². The van der Waals surface area contributed by atoms with Crippen LogP contribution in [0.3, 0.4) is 0 Å². The van der Waals surface area contributed by atoms with Crippen molar-refractivity contribution >= 4 is 26.3 Å². The Morgan fingerprint density at radius 1 is 0.773 bits per heavy atom. The normalized spacial score (nSPS) is 17.5. The summed E-state index contributed by atoms with van der Waals surface area (Å²) in [5, 5.41) is 0.987. The molecule has 0 spiro atoms. The average Bonchev–Trinajstić information content (AvgIpc) is 2.48. The molecule has 3 rings (SSSR count). The second-order valence-electron chi connectivity index (χ2n) is 5.03. The van der Waals surface area contributed by atoms with Gasteiger partial charge in [-0.2, -0.15) is 0 Å². The van der Waals surface area contributed by atoms with Crippen LogP contribution in [0.1, 0.15) is 24.0 Å². The van der Waals surface area contributed by atoms with Crippen LogP contribution in [0.2, 0.25) is 5.32 Å². The van der Waals surface area contributed by atoms with E-state index in [2.05, 4.69) is 0 Å². The first-order valence-electron chi connectivity index (χ1n) is 6.76. The quantitative estimate of drug-likeness (QED) is 0.491. The van der Waals surface area contributed by atoms with E-state index in [1.165, 1.54) is 12.1 Å². The van der Waals surface area contributed by atoms with Crippen molar-refractivity contribution in [1.29, 1.82) is 0 Å². The molecule has 0 bridgehead atoms. The molecule has 0 unspecified atom stereocenters. The Bertz CT molecular complexity index is 603. The van der Waals surface area contributed by atoms with E-state index in [9.17, 15) is 17.6 Å². The van der Waals surface area contributed by atoms with E-state index in [0.29, 0.717) is 6.42 Å². The van der Waals surface area contributed by atoms with Crippen molar-refractivity contribution in [3.8, 4) is 0 Å². The molecule has 2 aromatic rings. The number of benzene rings is 2. The van der Waals surface area contributed by atoms with E-state index in [1.54, 1.807) is 0 Å². The van der Waals surface area contributed by atoms with Crippen molar-refractivity contribution in [3.63, 3.8) is 0 Å². The van der Waals surface area contributed by atoms with E-state index in [4.69, 9.17) is 0 Å². The molecule has 1 aliphatic heterocycles. The molecule has 1 fully saturated rings. The molecule has 6 heteroatoms. The molecule has 0 radical (unpaired) electrons. The molecular formula is C16H12F4Se2. The van der Waals surface area contributed by atoms with Gasteiger partial charge in [0.15, 0.2) is 0 Å². The average molecular weight is 438 g/mol. The molecule has 1 saturated heterocycles. The fraction of sp³-hybridized carbons (Fsp3) is 0.250. The SMILES string of the molecule is Fc1cccc(F)c1C1(c2c(F)cccc2F)CCC[Se][Se]1. The minimum atomic E-state index is -1.18. The molecule has 0 aromatic heterocycles. The van der Waals surface area contributed by atoms with Crippen LogP contribution in [-0.4, -0.2) is 26.3 Å². The van der Waals surface area contributed by atoms with E-state index < -0.39 is 27.6 Å². The summed E-state index contributed by atoms with van der Waals surface area (Å²) in [4.78, 5) is 0. The van der Waals surface area contributed by atoms with Crippen LogP contribution in [-0.2, 0) is 4.31 Å². The maximum atomic E-state index is 14.4. The van der Waals surface area contributed by atoms with E-state index >= 15 is 0 Å². The van der Waals surface area contributed by atoms with Crippen molar-refractivity contribution < 1.29 is 17.6 Å². The molecule has 0 atom stereocenters. The zero-order valence-corrected chi connectivity index (χ0v) is 14.8. The second kappa shape index (κ2) is 6.37. The molecule has 1 heterocycles. The second-order valence-corrected chi connectivity index (χ2v) is 12.6. The van der Waals surface area contributed by atoms with Gasteiger partial charge in [-0.1, -0.05) is 0 Å². The third-order valence-electron chi connectivity index (χ3n) is 3.69. The van der Waals surface area contributed by atoms with E-state index in [0.717, 1.165) is 36.0 Å². The van der Waals surface area contributed by atoms with Gasteiger partial charge in [0.2, 0.25) is 0 Å². The Balaban J connectivity index is 2.31. The van der Waals surface area contributed by atoms with Crippen molar-refractivity contribution in [2.24, 2.45) is 0 Å². The Morgan fingerprint density at radius 3 is 1.59 bits per heavy atom. The summed E-state index contributed by atoms with van der Waals surface area (Å²) in [6.45, 7) is 0. The molecule has 0 aliphatic carbocycles. The third kappa shape index (κ3) is 2.63. The number of hydrogen-bond donors (Lipinski definition) is 0. The zero-order valence-electron chi connectivity index (χ0n) is 11.4. The van der Waals surface area contributed by atoms with Crippen LogP contribution in [0, 0.1) is 23.3 Å². The summed E-state index contributed by atoms with van der Waals surface area (Å²) in [6, 6.07) is 7.21. The number of halogens is 4. The molecule has 0 saturated carbocycles. The summed E-state index contributed by atoms with van der Waals surface area (Å²) in [6.07, 6.45) is 1.10. The van der Waals surface area contributed by atoms with Crippen LogP contribution in [0.15, 0.2) is 36.4 Å². The van der Waals surface area contributed by atoms with Crippen molar-refractivity contribution in [3.05, 3.63) is 70.8 Å². The van der Waals surface area contributed by atoms with E-state index in [1.807, 2.05) is 0 Å². The first kappa shape index (κ1) is 16.1. The fourth-order valence-corrected chi connectivity index (χ4v) is 12.7. The van der Waals surface area contributed by atoms with Gasteiger partial charge in [0.25, 0.3) is 0 Å². The summed E-state index contributed by atoms with van der Waals surface area (Å²) in [7, 11) is 0. The Hall–Kier alpha value is -0.801. The van der Waals surface area contributed by atoms with Gasteiger partial charge in [0, 0.05) is 0 Å². The van der Waals surface area contributed by atoms with Crippen molar-refractivity contribution in [1.82, 2.24) is 0 Å². The minimum absolute atomic E-state index is 0.161. The molecule has 22 heavy (non-hydrogen) atoms. The molecule has 1 aliphatic rings. The van der Waals surface area contributed by atoms with Crippen LogP contribution >= 0.6 is 0 Å². The van der Waals surface area contributed by atoms with Gasteiger partial charge in [-0.05, 0) is 0 Å². The summed E-state index contributed by atoms with van der Waals surface area (Å²) in [5.41, 5.74) is -0.332. The van der Waals surface area contributed by atoms with Crippen LogP contribution < -0.4 is 0 Å². The Labute approximate surface area is 137 Å². The predicted octanol–water partition coefficient (Wildman–Crippen LogP) is 4.02. The standard InChI is InChI=1S/C16H12F4Se2/c17-10-4-1-5-11(18)14(10)16(8-3-9-21-22-16)15-12(19)6-2-7-13(15)20/h1-2,4-7H,3,8-9H2. The Kier molecular flexibility index (Phi) is 4.65. The van der Waals surface area contributed by atoms with Gasteiger partial charge >= 0.3 is 137 Å². The van der Waals surface area contributed by atoms with Crippen LogP contribution in [0.4, 0.5) is 17.6 Å². The molecular weight excluding hydrogens is 426 g/mol. The molecule has 0 amide bonds. The molecule has 116 valence electrons. The van der Waals surface area contributed by atoms with Crippen molar-refractivity contribution in [2.75, 3.05) is 0 Å². The monoisotopic (exact) mass is 440 g/mol. The molecule has 0 nitrogen and oxygen atoms in total. The van der Waals surface area contributed by atoms with Gasteiger partial charge in [-0.25, -0.2) is 0 Å². The van der Waals surface area contributed by atoms with Gasteiger partial charge in [0.1, 0.15) is 0 Å². The summed E-state index contributed by atoms with van der Waals surface area (Å²) >= 11 is -0.0982. The van der Waals surface area contributed by atoms with Gasteiger partial charge in [-0.3, -0.25) is 0 Å². The fourth-order valence-electron chi connectivity index (χ4n) is 2.79. The summed E-state index contributed by atoms with van der Waals surface area (Å²) < 4.78 is 56.3. The Morgan fingerprint density at radius 2 is 1.23 bits per heavy atom. The first-order valence-corrected chi connectivity index (χ1v) is 13.2. The third-order valence-corrected chi connectivity index (χ3v) is 13.0. The first-order chi connectivity index (χ1) is 10.6. The molecule has 2 aromatic carbocycles. The topological polar surface area (TPSA) is 0 Å². The van der Waals surface area contributed by atoms with Gasteiger partial charge < -0.3 is 0 Å². The zero-order chi connectivity index (χ0) is 15.7. The number of hydrogen-bond acceptors (Lipinski definition) is 0. The molecule has 0 N–H and O–H groups in total. The van der Waals surface area contributed by atoms with Gasteiger partial charge in [-0.15, -0.1) is 0 Å². The predicted molar refractivity (Wildman–Crippen MR) is 79.0 cm³/mol. The summed E-state index contributed by atoms with van der Waals surface area (Å²) in [5.74, 6) is -2.88. The maximum absolute atomic E-state index is 14.4. The van der Waals surface area contributed by atoms with Crippen LogP contribution in [0.5, 0.6) is 0 Å². The van der Waals surface area contributed by atoms with Gasteiger partial charge in [0.05, 0.1) is 0 Å². The van der Waals surface area contributed by atoms with E-state index in [-0.39, 0.29) is 37.4 Å². The van der Waals surface area contributed by atoms with Crippen molar-refractivity contribution in [2.45, 2.75) is 22.5 Å². The number of rotatable bonds is 2.